The molecule has 0 aromatic carbocycles. The van der Waals surface area contributed by atoms with Crippen LogP contribution >= 0.6 is 11.3 Å². The zero-order chi connectivity index (χ0) is 10.9. The van der Waals surface area contributed by atoms with Gasteiger partial charge in [0.05, 0.1) is 12.6 Å². The first-order chi connectivity index (χ1) is 7.34. The van der Waals surface area contributed by atoms with Crippen LogP contribution in [0, 0.1) is 0 Å². The Hall–Kier alpha value is -0.450. The Morgan fingerprint density at radius 3 is 3.07 bits per heavy atom. The summed E-state index contributed by atoms with van der Waals surface area (Å²) in [5.41, 5.74) is 0. The zero-order valence-electron chi connectivity index (χ0n) is 9.53. The number of ether oxygens (including phenoxy) is 1. The second-order valence-corrected chi connectivity index (χ2v) is 4.44. The lowest BCUT2D eigenvalue weighted by atomic mass is 10.3. The molecule has 1 aromatic heterocycles. The maximum absolute atomic E-state index is 5.46. The van der Waals surface area contributed by atoms with E-state index in [9.17, 15) is 0 Å². The average molecular weight is 228 g/mol. The Morgan fingerprint density at radius 2 is 2.40 bits per heavy atom. The summed E-state index contributed by atoms with van der Waals surface area (Å²) < 4.78 is 5.46. The normalized spacial score (nSPS) is 12.9. The monoisotopic (exact) mass is 228 g/mol. The molecule has 0 amide bonds. The third-order valence-corrected chi connectivity index (χ3v) is 3.12. The van der Waals surface area contributed by atoms with Crippen LogP contribution in [-0.2, 0) is 4.74 Å². The maximum atomic E-state index is 5.46. The lowest BCUT2D eigenvalue weighted by Crippen LogP contribution is -2.23. The molecule has 1 heterocycles. The maximum Gasteiger partial charge on any atom is 0.109 e. The molecule has 0 saturated heterocycles. The number of aromatic nitrogens is 1. The quantitative estimate of drug-likeness (QED) is 0.694. The van der Waals surface area contributed by atoms with Gasteiger partial charge in [-0.05, 0) is 13.3 Å². The highest BCUT2D eigenvalue weighted by Gasteiger charge is 2.05. The van der Waals surface area contributed by atoms with Crippen LogP contribution in [0.1, 0.15) is 37.7 Å². The summed E-state index contributed by atoms with van der Waals surface area (Å²) in [6.45, 7) is 6.86. The average Bonchev–Trinajstić information content (AvgIpc) is 2.76. The van der Waals surface area contributed by atoms with Gasteiger partial charge in [0.2, 0.25) is 0 Å². The lowest BCUT2D eigenvalue weighted by molar-refractivity contribution is 0.131. The van der Waals surface area contributed by atoms with Crippen LogP contribution in [0.4, 0.5) is 0 Å². The predicted octanol–water partition coefficient (Wildman–Crippen LogP) is 2.61. The van der Waals surface area contributed by atoms with Crippen LogP contribution in [0.3, 0.4) is 0 Å². The fourth-order valence-electron chi connectivity index (χ4n) is 1.23. The number of unbranched alkanes of at least 4 members (excludes halogenated alkanes) is 1. The van der Waals surface area contributed by atoms with Crippen molar-refractivity contribution >= 4 is 11.3 Å². The van der Waals surface area contributed by atoms with Gasteiger partial charge in [-0.2, -0.15) is 0 Å². The summed E-state index contributed by atoms with van der Waals surface area (Å²) in [7, 11) is 0. The Bertz CT molecular complexity index is 239. The summed E-state index contributed by atoms with van der Waals surface area (Å²) in [5.74, 6) is 0. The first-order valence-corrected chi connectivity index (χ1v) is 6.43. The molecule has 1 rings (SSSR count). The van der Waals surface area contributed by atoms with Crippen molar-refractivity contribution in [3.05, 3.63) is 16.6 Å². The Morgan fingerprint density at radius 1 is 1.53 bits per heavy atom. The summed E-state index contributed by atoms with van der Waals surface area (Å²) in [4.78, 5) is 4.26. The van der Waals surface area contributed by atoms with Gasteiger partial charge in [-0.15, -0.1) is 11.3 Å². The van der Waals surface area contributed by atoms with Crippen molar-refractivity contribution in [2.24, 2.45) is 0 Å². The molecule has 1 N–H and O–H groups in total. The topological polar surface area (TPSA) is 34.1 Å². The second kappa shape index (κ2) is 7.79. The van der Waals surface area contributed by atoms with E-state index in [1.54, 1.807) is 11.3 Å². The number of nitrogens with zero attached hydrogens (tertiary/aromatic N) is 1. The molecule has 4 heteroatoms. The molecule has 1 atom stereocenters. The third-order valence-electron chi connectivity index (χ3n) is 2.16. The van der Waals surface area contributed by atoms with E-state index < -0.39 is 0 Å². The Kier molecular flexibility index (Phi) is 6.55. The zero-order valence-corrected chi connectivity index (χ0v) is 10.3. The van der Waals surface area contributed by atoms with E-state index in [1.165, 1.54) is 6.42 Å². The number of hydrogen-bond acceptors (Lipinski definition) is 4. The standard InChI is InChI=1S/C11H20N2OS/c1-3-4-7-14-8-5-12-10(2)11-13-6-9-15-11/h6,9-10,12H,3-5,7-8H2,1-2H3. The first-order valence-electron chi connectivity index (χ1n) is 5.55. The minimum atomic E-state index is 0.333. The molecule has 0 fully saturated rings. The Labute approximate surface area is 95.9 Å². The molecule has 1 unspecified atom stereocenters. The molecule has 0 spiro atoms. The molecule has 0 saturated carbocycles. The van der Waals surface area contributed by atoms with Crippen molar-refractivity contribution in [3.63, 3.8) is 0 Å². The summed E-state index contributed by atoms with van der Waals surface area (Å²) in [6, 6.07) is 0.333. The molecule has 0 radical (unpaired) electrons. The fraction of sp³-hybridized carbons (Fsp3) is 0.727. The van der Waals surface area contributed by atoms with Gasteiger partial charge in [0.15, 0.2) is 0 Å². The third kappa shape index (κ3) is 5.25. The number of nitrogens with one attached hydrogen (secondary N) is 1. The van der Waals surface area contributed by atoms with Crippen molar-refractivity contribution < 1.29 is 4.74 Å². The predicted molar refractivity (Wildman–Crippen MR) is 64.3 cm³/mol. The second-order valence-electron chi connectivity index (χ2n) is 3.51. The van der Waals surface area contributed by atoms with Crippen LogP contribution < -0.4 is 5.32 Å². The highest BCUT2D eigenvalue weighted by atomic mass is 32.1. The minimum Gasteiger partial charge on any atom is -0.380 e. The number of thiazole rings is 1. The van der Waals surface area contributed by atoms with Gasteiger partial charge in [-0.3, -0.25) is 0 Å². The van der Waals surface area contributed by atoms with Gasteiger partial charge in [0, 0.05) is 24.7 Å². The van der Waals surface area contributed by atoms with Gasteiger partial charge >= 0.3 is 0 Å². The van der Waals surface area contributed by atoms with Crippen LogP contribution in [0.25, 0.3) is 0 Å². The molecule has 1 aromatic rings. The molecule has 0 aliphatic carbocycles. The number of hydrogen-bond donors (Lipinski definition) is 1. The van der Waals surface area contributed by atoms with Crippen LogP contribution in [0.2, 0.25) is 0 Å². The van der Waals surface area contributed by atoms with Gasteiger partial charge in [0.1, 0.15) is 5.01 Å². The Balaban J connectivity index is 2.00. The van der Waals surface area contributed by atoms with E-state index in [0.717, 1.165) is 31.2 Å². The van der Waals surface area contributed by atoms with E-state index in [2.05, 4.69) is 24.1 Å². The molecule has 0 aliphatic rings. The van der Waals surface area contributed by atoms with Crippen LogP contribution in [-0.4, -0.2) is 24.7 Å². The first kappa shape index (κ1) is 12.6. The molecule has 0 bridgehead atoms. The molecule has 0 aliphatic heterocycles. The van der Waals surface area contributed by atoms with E-state index >= 15 is 0 Å². The SMILES string of the molecule is CCCCOCCNC(C)c1nccs1. The van der Waals surface area contributed by atoms with Crippen molar-refractivity contribution in [1.29, 1.82) is 0 Å². The van der Waals surface area contributed by atoms with Crippen LogP contribution in [0.15, 0.2) is 11.6 Å². The molecule has 3 nitrogen and oxygen atoms in total. The molecule has 86 valence electrons. The molecule has 15 heavy (non-hydrogen) atoms. The molecular formula is C11H20N2OS. The highest BCUT2D eigenvalue weighted by Crippen LogP contribution is 2.13. The fourth-order valence-corrected chi connectivity index (χ4v) is 1.90. The van der Waals surface area contributed by atoms with E-state index in [-0.39, 0.29) is 0 Å². The number of rotatable bonds is 8. The largest absolute Gasteiger partial charge is 0.380 e. The van der Waals surface area contributed by atoms with Gasteiger partial charge in [-0.1, -0.05) is 13.3 Å². The van der Waals surface area contributed by atoms with Gasteiger partial charge in [0.25, 0.3) is 0 Å². The lowest BCUT2D eigenvalue weighted by Gasteiger charge is -2.10. The van der Waals surface area contributed by atoms with E-state index in [1.807, 2.05) is 11.6 Å². The van der Waals surface area contributed by atoms with E-state index in [4.69, 9.17) is 4.74 Å². The van der Waals surface area contributed by atoms with Crippen molar-refractivity contribution in [1.82, 2.24) is 10.3 Å². The molecular weight excluding hydrogens is 208 g/mol. The van der Waals surface area contributed by atoms with Crippen molar-refractivity contribution in [2.75, 3.05) is 19.8 Å². The van der Waals surface area contributed by atoms with Crippen molar-refractivity contribution in [2.45, 2.75) is 32.7 Å². The smallest absolute Gasteiger partial charge is 0.109 e. The summed E-state index contributed by atoms with van der Waals surface area (Å²) >= 11 is 1.69. The van der Waals surface area contributed by atoms with E-state index in [0.29, 0.717) is 6.04 Å². The van der Waals surface area contributed by atoms with Crippen LogP contribution in [0.5, 0.6) is 0 Å². The summed E-state index contributed by atoms with van der Waals surface area (Å²) in [6.07, 6.45) is 4.20. The summed E-state index contributed by atoms with van der Waals surface area (Å²) in [5, 5.41) is 6.53. The van der Waals surface area contributed by atoms with Gasteiger partial charge < -0.3 is 10.1 Å². The van der Waals surface area contributed by atoms with Gasteiger partial charge in [-0.25, -0.2) is 4.98 Å². The minimum absolute atomic E-state index is 0.333. The van der Waals surface area contributed by atoms with Crippen molar-refractivity contribution in [3.8, 4) is 0 Å². The highest BCUT2D eigenvalue weighted by molar-refractivity contribution is 7.09.